The summed E-state index contributed by atoms with van der Waals surface area (Å²) in [6.07, 6.45) is 6.22. The third kappa shape index (κ3) is 2.69. The Balaban J connectivity index is 2.38. The molecule has 0 atom stereocenters. The summed E-state index contributed by atoms with van der Waals surface area (Å²) in [5.74, 6) is 0.829. The second-order valence-corrected chi connectivity index (χ2v) is 5.43. The molecule has 5 heteroatoms. The molecule has 0 spiro atoms. The van der Waals surface area contributed by atoms with Crippen molar-refractivity contribution < 1.29 is 0 Å². The molecule has 3 N–H and O–H groups in total. The van der Waals surface area contributed by atoms with E-state index in [2.05, 4.69) is 15.1 Å². The van der Waals surface area contributed by atoms with Crippen molar-refractivity contribution in [2.24, 2.45) is 5.73 Å². The van der Waals surface area contributed by atoms with Gasteiger partial charge in [-0.3, -0.25) is 5.41 Å². The van der Waals surface area contributed by atoms with E-state index in [-0.39, 0.29) is 5.84 Å². The van der Waals surface area contributed by atoms with Crippen LogP contribution in [0.4, 0.5) is 5.82 Å². The van der Waals surface area contributed by atoms with Gasteiger partial charge in [0.1, 0.15) is 5.84 Å². The topological polar surface area (TPSA) is 78.9 Å². The van der Waals surface area contributed by atoms with E-state index < -0.39 is 0 Å². The Labute approximate surface area is 114 Å². The van der Waals surface area contributed by atoms with Crippen LogP contribution in [0.3, 0.4) is 0 Å². The lowest BCUT2D eigenvalue weighted by molar-refractivity contribution is 0.425. The highest BCUT2D eigenvalue weighted by molar-refractivity contribution is 6.01. The third-order valence-corrected chi connectivity index (χ3v) is 4.16. The minimum absolute atomic E-state index is 0.0770. The van der Waals surface area contributed by atoms with Crippen LogP contribution in [0, 0.1) is 19.3 Å². The van der Waals surface area contributed by atoms with Crippen LogP contribution in [0.15, 0.2) is 0 Å². The van der Waals surface area contributed by atoms with E-state index in [0.29, 0.717) is 6.04 Å². The number of rotatable bonds is 3. The van der Waals surface area contributed by atoms with Crippen LogP contribution < -0.4 is 10.6 Å². The van der Waals surface area contributed by atoms with Crippen LogP contribution in [-0.2, 0) is 0 Å². The molecule has 1 aliphatic carbocycles. The number of hydrogen-bond acceptors (Lipinski definition) is 4. The Kier molecular flexibility index (Phi) is 4.02. The molecule has 0 amide bonds. The summed E-state index contributed by atoms with van der Waals surface area (Å²) in [6, 6.07) is 0.489. The summed E-state index contributed by atoms with van der Waals surface area (Å²) < 4.78 is 0. The van der Waals surface area contributed by atoms with Crippen molar-refractivity contribution in [1.29, 1.82) is 5.41 Å². The van der Waals surface area contributed by atoms with Crippen LogP contribution in [0.2, 0.25) is 0 Å². The number of hydrogen-bond donors (Lipinski definition) is 2. The Morgan fingerprint density at radius 2 is 1.84 bits per heavy atom. The lowest BCUT2D eigenvalue weighted by Gasteiger charge is -2.33. The molecule has 0 unspecified atom stereocenters. The number of nitrogens with two attached hydrogens (primary N) is 1. The molecule has 1 heterocycles. The highest BCUT2D eigenvalue weighted by atomic mass is 15.3. The van der Waals surface area contributed by atoms with Gasteiger partial charge in [0.15, 0.2) is 5.82 Å². The van der Waals surface area contributed by atoms with E-state index in [1.165, 1.54) is 32.1 Å². The minimum atomic E-state index is 0.0770. The maximum atomic E-state index is 7.80. The summed E-state index contributed by atoms with van der Waals surface area (Å²) >= 11 is 0. The lowest BCUT2D eigenvalue weighted by atomic mass is 9.94. The molecule has 19 heavy (non-hydrogen) atoms. The van der Waals surface area contributed by atoms with Gasteiger partial charge in [-0.1, -0.05) is 19.3 Å². The summed E-state index contributed by atoms with van der Waals surface area (Å²) in [5, 5.41) is 16.3. The van der Waals surface area contributed by atoms with Crippen molar-refractivity contribution in [1.82, 2.24) is 10.2 Å². The van der Waals surface area contributed by atoms with Gasteiger partial charge >= 0.3 is 0 Å². The number of nitrogen functional groups attached to an aromatic ring is 1. The maximum Gasteiger partial charge on any atom is 0.162 e. The van der Waals surface area contributed by atoms with E-state index in [4.69, 9.17) is 11.1 Å². The molecule has 5 nitrogen and oxygen atoms in total. The molecule has 1 saturated carbocycles. The van der Waals surface area contributed by atoms with E-state index in [1.54, 1.807) is 0 Å². The van der Waals surface area contributed by atoms with Crippen molar-refractivity contribution >= 4 is 11.7 Å². The zero-order chi connectivity index (χ0) is 14.0. The number of aryl methyl sites for hydroxylation is 1. The van der Waals surface area contributed by atoms with Crippen LogP contribution in [0.25, 0.3) is 0 Å². The van der Waals surface area contributed by atoms with Gasteiger partial charge in [0.05, 0.1) is 11.3 Å². The van der Waals surface area contributed by atoms with Gasteiger partial charge in [-0.2, -0.15) is 5.10 Å². The normalized spacial score (nSPS) is 16.4. The quantitative estimate of drug-likeness (QED) is 0.645. The number of aromatic nitrogens is 2. The number of anilines is 1. The molecule has 104 valence electrons. The molecule has 1 aromatic heterocycles. The molecule has 0 radical (unpaired) electrons. The molecular formula is C14H23N5. The predicted octanol–water partition coefficient (Wildman–Crippen LogP) is 2.15. The second kappa shape index (κ2) is 5.55. The molecule has 0 aliphatic heterocycles. The monoisotopic (exact) mass is 261 g/mol. The molecule has 0 saturated heterocycles. The zero-order valence-corrected chi connectivity index (χ0v) is 12.0. The van der Waals surface area contributed by atoms with Crippen LogP contribution in [-0.4, -0.2) is 29.1 Å². The van der Waals surface area contributed by atoms with E-state index in [0.717, 1.165) is 22.6 Å². The van der Waals surface area contributed by atoms with E-state index in [1.807, 2.05) is 20.9 Å². The third-order valence-electron chi connectivity index (χ3n) is 4.16. The average molecular weight is 261 g/mol. The molecule has 1 fully saturated rings. The number of amidine groups is 1. The van der Waals surface area contributed by atoms with E-state index >= 15 is 0 Å². The first-order valence-electron chi connectivity index (χ1n) is 6.93. The molecular weight excluding hydrogens is 238 g/mol. The maximum absolute atomic E-state index is 7.80. The molecule has 1 aliphatic rings. The standard InChI is InChI=1S/C14H23N5/c1-9-10(2)17-18-14(12(9)13(15)16)19(3)11-7-5-4-6-8-11/h11H,4-8H2,1-3H3,(H3,15,16). The van der Waals surface area contributed by atoms with Crippen molar-refractivity contribution in [2.75, 3.05) is 11.9 Å². The van der Waals surface area contributed by atoms with Crippen LogP contribution >= 0.6 is 0 Å². The Hall–Kier alpha value is -1.65. The number of nitrogens with zero attached hydrogens (tertiary/aromatic N) is 3. The van der Waals surface area contributed by atoms with Crippen LogP contribution in [0.1, 0.15) is 48.9 Å². The van der Waals surface area contributed by atoms with Gasteiger partial charge in [-0.05, 0) is 32.3 Å². The summed E-state index contributed by atoms with van der Waals surface area (Å²) in [5.41, 5.74) is 8.27. The van der Waals surface area contributed by atoms with Crippen molar-refractivity contribution in [3.05, 3.63) is 16.8 Å². The summed E-state index contributed by atoms with van der Waals surface area (Å²) in [7, 11) is 2.04. The lowest BCUT2D eigenvalue weighted by Crippen LogP contribution is -2.36. The number of nitrogens with one attached hydrogen (secondary N) is 1. The first kappa shape index (κ1) is 13.8. The second-order valence-electron chi connectivity index (χ2n) is 5.43. The fraction of sp³-hybridized carbons (Fsp3) is 0.643. The summed E-state index contributed by atoms with van der Waals surface area (Å²) in [4.78, 5) is 2.16. The molecule has 0 aromatic carbocycles. The highest BCUT2D eigenvalue weighted by Crippen LogP contribution is 2.28. The molecule has 2 rings (SSSR count). The Bertz CT molecular complexity index is 477. The van der Waals surface area contributed by atoms with Crippen molar-refractivity contribution in [2.45, 2.75) is 52.0 Å². The molecule has 1 aromatic rings. The van der Waals surface area contributed by atoms with E-state index in [9.17, 15) is 0 Å². The predicted molar refractivity (Wildman–Crippen MR) is 77.8 cm³/mol. The van der Waals surface area contributed by atoms with Gasteiger partial charge in [0.2, 0.25) is 0 Å². The van der Waals surface area contributed by atoms with Crippen molar-refractivity contribution in [3.63, 3.8) is 0 Å². The molecule has 0 bridgehead atoms. The first-order valence-corrected chi connectivity index (χ1v) is 6.93. The fourth-order valence-electron chi connectivity index (χ4n) is 2.81. The Morgan fingerprint density at radius 1 is 1.21 bits per heavy atom. The van der Waals surface area contributed by atoms with Gasteiger partial charge in [0, 0.05) is 13.1 Å². The van der Waals surface area contributed by atoms with Gasteiger partial charge in [-0.25, -0.2) is 0 Å². The largest absolute Gasteiger partial charge is 0.384 e. The fourth-order valence-corrected chi connectivity index (χ4v) is 2.81. The van der Waals surface area contributed by atoms with Crippen LogP contribution in [0.5, 0.6) is 0 Å². The van der Waals surface area contributed by atoms with Gasteiger partial charge in [-0.15, -0.1) is 5.10 Å². The SMILES string of the molecule is Cc1nnc(N(C)C2CCCCC2)c(C(=N)N)c1C. The highest BCUT2D eigenvalue weighted by Gasteiger charge is 2.24. The minimum Gasteiger partial charge on any atom is -0.384 e. The van der Waals surface area contributed by atoms with Gasteiger partial charge < -0.3 is 10.6 Å². The Morgan fingerprint density at radius 3 is 2.42 bits per heavy atom. The average Bonchev–Trinajstić information content (AvgIpc) is 2.41. The van der Waals surface area contributed by atoms with Gasteiger partial charge in [0.25, 0.3) is 0 Å². The smallest absolute Gasteiger partial charge is 0.162 e. The zero-order valence-electron chi connectivity index (χ0n) is 12.0. The van der Waals surface area contributed by atoms with Crippen molar-refractivity contribution in [3.8, 4) is 0 Å². The summed E-state index contributed by atoms with van der Waals surface area (Å²) in [6.45, 7) is 3.86. The first-order chi connectivity index (χ1) is 9.02.